The van der Waals surface area contributed by atoms with Gasteiger partial charge in [0, 0.05) is 8.22 Å². The van der Waals surface area contributed by atoms with Gasteiger partial charge >= 0.3 is 0 Å². The summed E-state index contributed by atoms with van der Waals surface area (Å²) >= 11 is 0. The molecule has 1 heterocycles. The Labute approximate surface area is 114 Å². The number of rotatable bonds is 2. The van der Waals surface area contributed by atoms with E-state index in [4.69, 9.17) is 21.8 Å². The third-order valence-electron chi connectivity index (χ3n) is 2.22. The van der Waals surface area contributed by atoms with Gasteiger partial charge in [-0.25, -0.2) is 0 Å². The van der Waals surface area contributed by atoms with Crippen molar-refractivity contribution < 1.29 is 26.9 Å². The zero-order chi connectivity index (χ0) is 20.2. The van der Waals surface area contributed by atoms with Gasteiger partial charge in [-0.15, -0.1) is 0 Å². The van der Waals surface area contributed by atoms with Crippen molar-refractivity contribution in [2.24, 2.45) is 5.41 Å². The van der Waals surface area contributed by atoms with Crippen LogP contribution >= 0.6 is 0 Å². The summed E-state index contributed by atoms with van der Waals surface area (Å²) in [5.41, 5.74) is -2.41. The molecule has 1 aromatic carbocycles. The van der Waals surface area contributed by atoms with Gasteiger partial charge in [-0.2, -0.15) is 0 Å². The van der Waals surface area contributed by atoms with Crippen molar-refractivity contribution in [1.82, 2.24) is 0 Å². The predicted molar refractivity (Wildman–Crippen MR) is 67.1 cm³/mol. The second-order valence-corrected chi connectivity index (χ2v) is 3.84. The van der Waals surface area contributed by atoms with Crippen molar-refractivity contribution in [2.45, 2.75) is 26.7 Å². The molecular weight excluding hydrogens is 216 g/mol. The van der Waals surface area contributed by atoms with Gasteiger partial charge in [0.1, 0.15) is 2.74 Å². The summed E-state index contributed by atoms with van der Waals surface area (Å²) in [5.74, 6) is 0.239. The largest absolute Gasteiger partial charge is 0.454 e. The fraction of sp³-hybridized carbons (Fsp3) is 0.429. The number of hydrogen-bond acceptors (Lipinski definition) is 3. The van der Waals surface area contributed by atoms with E-state index in [2.05, 4.69) is 0 Å². The highest BCUT2D eigenvalue weighted by molar-refractivity contribution is 5.56. The van der Waals surface area contributed by atoms with Crippen LogP contribution in [0.2, 0.25) is 0 Å². The molecule has 0 radical (unpaired) electrons. The van der Waals surface area contributed by atoms with Gasteiger partial charge in [0.25, 0.3) is 0 Å². The minimum atomic E-state index is -3.13. The van der Waals surface area contributed by atoms with Gasteiger partial charge in [0.2, 0.25) is 6.75 Å². The second-order valence-electron chi connectivity index (χ2n) is 3.84. The van der Waals surface area contributed by atoms with Crippen molar-refractivity contribution in [3.63, 3.8) is 0 Å². The monoisotopic (exact) mass is 243 g/mol. The number of fused-ring (bicyclic) bond motifs is 1. The third-order valence-corrected chi connectivity index (χ3v) is 2.22. The fourth-order valence-corrected chi connectivity index (χ4v) is 1.24. The zero-order valence-electron chi connectivity index (χ0n) is 18.2. The molecule has 1 aromatic rings. The quantitative estimate of drug-likeness (QED) is 0.868. The lowest BCUT2D eigenvalue weighted by Gasteiger charge is -2.22. The maximum Gasteiger partial charge on any atom is 0.231 e. The summed E-state index contributed by atoms with van der Waals surface area (Å²) in [6.45, 7) is -7.77. The van der Waals surface area contributed by atoms with Crippen molar-refractivity contribution in [3.8, 4) is 11.5 Å². The SMILES string of the molecule is [2H]C1([2H])Oc2ccc(/C=C/C([2H])(O)C(C)(C([2H])([2H])[2H])C([2H])([2H])[2H])cc2O1. The van der Waals surface area contributed by atoms with Crippen LogP contribution in [0.4, 0.5) is 0 Å². The highest BCUT2D eigenvalue weighted by Gasteiger charge is 2.19. The standard InChI is InChI=1S/C14H18O3/c1-14(2,3)13(15)7-5-10-4-6-11-12(8-10)17-9-16-11/h4-8,13,15H,9H2,1-3H3/b7-5+/i1D3,2D3,9D2,13D. The molecule has 3 nitrogen and oxygen atoms in total. The minimum Gasteiger partial charge on any atom is -0.454 e. The minimum absolute atomic E-state index is 0.0834. The Morgan fingerprint density at radius 3 is 3.06 bits per heavy atom. The van der Waals surface area contributed by atoms with Gasteiger partial charge in [0.15, 0.2) is 11.5 Å². The molecule has 17 heavy (non-hydrogen) atoms. The summed E-state index contributed by atoms with van der Waals surface area (Å²) in [6.07, 6.45) is -0.993. The lowest BCUT2D eigenvalue weighted by molar-refractivity contribution is 0.106. The lowest BCUT2D eigenvalue weighted by Crippen LogP contribution is -2.23. The molecule has 1 unspecified atom stereocenters. The molecule has 92 valence electrons. The highest BCUT2D eigenvalue weighted by atomic mass is 16.7. The first-order valence-electron chi connectivity index (χ1n) is 9.44. The molecule has 0 spiro atoms. The number of hydrogen-bond donors (Lipinski definition) is 1. The second kappa shape index (κ2) is 4.41. The summed E-state index contributed by atoms with van der Waals surface area (Å²) in [7, 11) is 0. The Hall–Kier alpha value is -1.48. The fourth-order valence-electron chi connectivity index (χ4n) is 1.24. The highest BCUT2D eigenvalue weighted by Crippen LogP contribution is 2.33. The van der Waals surface area contributed by atoms with Crippen LogP contribution in [0, 0.1) is 5.41 Å². The maximum atomic E-state index is 10.4. The smallest absolute Gasteiger partial charge is 0.231 e. The average molecular weight is 243 g/mol. The van der Waals surface area contributed by atoms with E-state index in [1.165, 1.54) is 24.3 Å². The molecule has 0 aromatic heterocycles. The van der Waals surface area contributed by atoms with Crippen molar-refractivity contribution >= 4 is 6.08 Å². The molecular formula is C14H18O3. The van der Waals surface area contributed by atoms with Crippen LogP contribution in [0.1, 0.15) is 38.5 Å². The van der Waals surface area contributed by atoms with E-state index in [9.17, 15) is 5.11 Å². The topological polar surface area (TPSA) is 38.7 Å². The third kappa shape index (κ3) is 2.80. The summed E-state index contributed by atoms with van der Waals surface area (Å²) in [5, 5.41) is 10.4. The molecule has 0 bridgehead atoms. The molecule has 3 heteroatoms. The molecule has 0 aliphatic carbocycles. The first kappa shape index (κ1) is 5.02. The summed E-state index contributed by atoms with van der Waals surface area (Å²) in [4.78, 5) is 0. The van der Waals surface area contributed by atoms with Gasteiger partial charge in [-0.3, -0.25) is 0 Å². The average Bonchev–Trinajstić information content (AvgIpc) is 2.74. The van der Waals surface area contributed by atoms with Gasteiger partial charge < -0.3 is 14.6 Å². The van der Waals surface area contributed by atoms with Crippen molar-refractivity contribution in [1.29, 1.82) is 0 Å². The van der Waals surface area contributed by atoms with Crippen LogP contribution in [-0.4, -0.2) is 17.9 Å². The molecule has 1 aliphatic rings. The van der Waals surface area contributed by atoms with Gasteiger partial charge in [0.05, 0.1) is 7.45 Å². The molecule has 0 saturated heterocycles. The van der Waals surface area contributed by atoms with E-state index in [0.29, 0.717) is 5.56 Å². The van der Waals surface area contributed by atoms with E-state index < -0.39 is 31.9 Å². The molecule has 1 aliphatic heterocycles. The Bertz CT molecular complexity index is 705. The van der Waals surface area contributed by atoms with Crippen LogP contribution in [0.5, 0.6) is 11.5 Å². The summed E-state index contributed by atoms with van der Waals surface area (Å²) < 4.78 is 77.6. The van der Waals surface area contributed by atoms with Crippen LogP contribution in [0.3, 0.4) is 0 Å². The van der Waals surface area contributed by atoms with Gasteiger partial charge in [-0.05, 0) is 23.1 Å². The Kier molecular flexibility index (Phi) is 1.30. The molecule has 2 rings (SSSR count). The van der Waals surface area contributed by atoms with E-state index in [1.54, 1.807) is 0 Å². The van der Waals surface area contributed by atoms with E-state index >= 15 is 0 Å². The normalized spacial score (nSPS) is 30.6. The van der Waals surface area contributed by atoms with E-state index in [1.807, 2.05) is 0 Å². The number of aliphatic hydroxyl groups is 1. The summed E-state index contributed by atoms with van der Waals surface area (Å²) in [6, 6.07) is 4.21. The molecule has 0 saturated carbocycles. The Morgan fingerprint density at radius 2 is 2.29 bits per heavy atom. The first-order valence-corrected chi connectivity index (χ1v) is 4.94. The maximum absolute atomic E-state index is 10.4. The molecule has 1 N–H and O–H groups in total. The van der Waals surface area contributed by atoms with Crippen LogP contribution in [0.25, 0.3) is 6.08 Å². The molecule has 0 fully saturated rings. The van der Waals surface area contributed by atoms with E-state index in [0.717, 1.165) is 13.0 Å². The van der Waals surface area contributed by atoms with Crippen molar-refractivity contribution in [3.05, 3.63) is 29.8 Å². The van der Waals surface area contributed by atoms with Crippen molar-refractivity contribution in [2.75, 3.05) is 6.75 Å². The molecule has 1 atom stereocenters. The molecule has 0 amide bonds. The van der Waals surface area contributed by atoms with Crippen LogP contribution in [-0.2, 0) is 0 Å². The van der Waals surface area contributed by atoms with Crippen LogP contribution < -0.4 is 9.47 Å². The zero-order valence-corrected chi connectivity index (χ0v) is 9.15. The van der Waals surface area contributed by atoms with E-state index in [-0.39, 0.29) is 11.5 Å². The Morgan fingerprint density at radius 1 is 1.53 bits per heavy atom. The Balaban J connectivity index is 2.37. The van der Waals surface area contributed by atoms with Gasteiger partial charge in [-0.1, -0.05) is 38.8 Å². The number of benzene rings is 1. The lowest BCUT2D eigenvalue weighted by atomic mass is 9.89. The number of ether oxygens (including phenoxy) is 2. The first-order chi connectivity index (χ1) is 11.5. The predicted octanol–water partition coefficient (Wildman–Crippen LogP) is 2.84. The van der Waals surface area contributed by atoms with Crippen LogP contribution in [0.15, 0.2) is 24.3 Å².